The predicted octanol–water partition coefficient (Wildman–Crippen LogP) is 4.14. The van der Waals surface area contributed by atoms with E-state index < -0.39 is 0 Å². The van der Waals surface area contributed by atoms with Gasteiger partial charge in [-0.15, -0.1) is 0 Å². The average molecular weight is 466 g/mol. The molecule has 0 bridgehead atoms. The van der Waals surface area contributed by atoms with Crippen LogP contribution in [0.5, 0.6) is 0 Å². The first-order valence-corrected chi connectivity index (χ1v) is 9.68. The maximum absolute atomic E-state index is 12.2. The zero-order valence-corrected chi connectivity index (χ0v) is 16.7. The summed E-state index contributed by atoms with van der Waals surface area (Å²) in [4.78, 5) is 24.2. The fourth-order valence-electron chi connectivity index (χ4n) is 2.70. The zero-order valence-electron chi connectivity index (χ0n) is 13.5. The molecule has 130 valence electrons. The monoisotopic (exact) mass is 464 g/mol. The quantitative estimate of drug-likeness (QED) is 0.673. The third-order valence-corrected chi connectivity index (χ3v) is 5.33. The molecule has 0 saturated heterocycles. The molecule has 0 aromatic heterocycles. The molecule has 0 atom stereocenters. The molecule has 0 unspecified atom stereocenters. The highest BCUT2D eigenvalue weighted by Gasteiger charge is 2.45. The van der Waals surface area contributed by atoms with Gasteiger partial charge in [-0.25, -0.2) is 0 Å². The molecule has 1 fully saturated rings. The van der Waals surface area contributed by atoms with Crippen molar-refractivity contribution in [2.75, 3.05) is 6.54 Å². The number of hydrogen-bond acceptors (Lipinski definition) is 2. The molecular weight excluding hydrogens is 448 g/mol. The molecule has 2 aromatic carbocycles. The third-order valence-electron chi connectivity index (χ3n) is 4.27. The normalized spacial score (nSPS) is 14.6. The molecular formula is C19H18Br2N2O2. The zero-order chi connectivity index (χ0) is 17.9. The van der Waals surface area contributed by atoms with Crippen LogP contribution in [0.25, 0.3) is 0 Å². The van der Waals surface area contributed by atoms with Crippen molar-refractivity contribution in [3.8, 4) is 0 Å². The van der Waals surface area contributed by atoms with E-state index in [1.165, 1.54) is 0 Å². The lowest BCUT2D eigenvalue weighted by atomic mass is 10.0. The highest BCUT2D eigenvalue weighted by Crippen LogP contribution is 2.45. The fourth-order valence-corrected chi connectivity index (χ4v) is 3.23. The van der Waals surface area contributed by atoms with E-state index in [1.807, 2.05) is 36.4 Å². The Morgan fingerprint density at radius 3 is 2.04 bits per heavy atom. The number of halogens is 2. The summed E-state index contributed by atoms with van der Waals surface area (Å²) >= 11 is 6.76. The van der Waals surface area contributed by atoms with Crippen LogP contribution in [0.15, 0.2) is 57.5 Å². The van der Waals surface area contributed by atoms with Gasteiger partial charge in [0.25, 0.3) is 5.91 Å². The van der Waals surface area contributed by atoms with E-state index in [9.17, 15) is 9.59 Å². The lowest BCUT2D eigenvalue weighted by molar-refractivity contribution is -0.122. The third kappa shape index (κ3) is 4.70. The van der Waals surface area contributed by atoms with Crippen molar-refractivity contribution >= 4 is 43.7 Å². The highest BCUT2D eigenvalue weighted by molar-refractivity contribution is 9.10. The van der Waals surface area contributed by atoms with Gasteiger partial charge < -0.3 is 10.6 Å². The molecule has 2 aromatic rings. The largest absolute Gasteiger partial charge is 0.352 e. The van der Waals surface area contributed by atoms with Crippen LogP contribution < -0.4 is 10.6 Å². The van der Waals surface area contributed by atoms with E-state index in [0.717, 1.165) is 27.4 Å². The summed E-state index contributed by atoms with van der Waals surface area (Å²) < 4.78 is 1.94. The molecule has 0 radical (unpaired) electrons. The number of nitrogens with one attached hydrogen (secondary N) is 2. The average Bonchev–Trinajstić information content (AvgIpc) is 3.36. The first kappa shape index (κ1) is 18.1. The summed E-state index contributed by atoms with van der Waals surface area (Å²) in [5.74, 6) is -0.217. The van der Waals surface area contributed by atoms with Gasteiger partial charge in [0, 0.05) is 27.5 Å². The van der Waals surface area contributed by atoms with Gasteiger partial charge in [-0.1, -0.05) is 44.0 Å². The Morgan fingerprint density at radius 1 is 0.920 bits per heavy atom. The topological polar surface area (TPSA) is 58.2 Å². The molecule has 1 saturated carbocycles. The van der Waals surface area contributed by atoms with Crippen LogP contribution >= 0.6 is 31.9 Å². The van der Waals surface area contributed by atoms with Gasteiger partial charge in [0.15, 0.2) is 0 Å². The van der Waals surface area contributed by atoms with Crippen LogP contribution in [-0.4, -0.2) is 18.4 Å². The molecule has 1 aliphatic rings. The number of benzene rings is 2. The van der Waals surface area contributed by atoms with Crippen molar-refractivity contribution in [3.63, 3.8) is 0 Å². The van der Waals surface area contributed by atoms with Crippen LogP contribution in [0.3, 0.4) is 0 Å². The van der Waals surface area contributed by atoms with Gasteiger partial charge in [-0.3, -0.25) is 9.59 Å². The van der Waals surface area contributed by atoms with Crippen molar-refractivity contribution in [2.24, 2.45) is 0 Å². The predicted molar refractivity (Wildman–Crippen MR) is 104 cm³/mol. The van der Waals surface area contributed by atoms with Gasteiger partial charge in [0.05, 0.1) is 5.54 Å². The summed E-state index contributed by atoms with van der Waals surface area (Å²) in [5, 5.41) is 5.89. The molecule has 1 aliphatic carbocycles. The Labute approximate surface area is 163 Å². The van der Waals surface area contributed by atoms with Crippen LogP contribution in [0.2, 0.25) is 0 Å². The van der Waals surface area contributed by atoms with Crippen LogP contribution in [0.1, 0.15) is 35.2 Å². The van der Waals surface area contributed by atoms with E-state index in [4.69, 9.17) is 0 Å². The number of rotatable bonds is 6. The lowest BCUT2D eigenvalue weighted by Crippen LogP contribution is -2.37. The minimum atomic E-state index is -0.229. The second-order valence-electron chi connectivity index (χ2n) is 6.15. The summed E-state index contributed by atoms with van der Waals surface area (Å²) in [6.07, 6.45) is 2.16. The number of hydrogen-bond donors (Lipinski definition) is 2. The van der Waals surface area contributed by atoms with Gasteiger partial charge in [-0.05, 0) is 54.8 Å². The summed E-state index contributed by atoms with van der Waals surface area (Å²) in [7, 11) is 0. The molecule has 3 rings (SSSR count). The lowest BCUT2D eigenvalue weighted by Gasteiger charge is -2.18. The van der Waals surface area contributed by atoms with Gasteiger partial charge >= 0.3 is 0 Å². The number of carbonyl (C=O) groups is 2. The summed E-state index contributed by atoms with van der Waals surface area (Å²) in [6, 6.07) is 15.2. The highest BCUT2D eigenvalue weighted by atomic mass is 79.9. The van der Waals surface area contributed by atoms with Crippen molar-refractivity contribution < 1.29 is 9.59 Å². The van der Waals surface area contributed by atoms with Gasteiger partial charge in [0.1, 0.15) is 0 Å². The van der Waals surface area contributed by atoms with Crippen molar-refractivity contribution in [1.29, 1.82) is 0 Å². The van der Waals surface area contributed by atoms with Crippen molar-refractivity contribution in [3.05, 3.63) is 68.6 Å². The van der Waals surface area contributed by atoms with Crippen LogP contribution in [0, 0.1) is 0 Å². The molecule has 25 heavy (non-hydrogen) atoms. The second kappa shape index (κ2) is 7.70. The smallest absolute Gasteiger partial charge is 0.251 e. The van der Waals surface area contributed by atoms with Crippen LogP contribution in [-0.2, 0) is 10.3 Å². The maximum Gasteiger partial charge on any atom is 0.251 e. The first-order chi connectivity index (χ1) is 12.0. The Morgan fingerprint density at radius 2 is 1.48 bits per heavy atom. The van der Waals surface area contributed by atoms with E-state index >= 15 is 0 Å². The Hall–Kier alpha value is -1.66. The molecule has 6 heteroatoms. The van der Waals surface area contributed by atoms with E-state index in [0.29, 0.717) is 12.1 Å². The minimum Gasteiger partial charge on any atom is -0.352 e. The molecule has 0 heterocycles. The molecule has 0 aliphatic heterocycles. The van der Waals surface area contributed by atoms with Crippen molar-refractivity contribution in [2.45, 2.75) is 24.8 Å². The summed E-state index contributed by atoms with van der Waals surface area (Å²) in [6.45, 7) is 0.317. The molecule has 4 nitrogen and oxygen atoms in total. The summed E-state index contributed by atoms with van der Waals surface area (Å²) in [5.41, 5.74) is 1.48. The SMILES string of the molecule is O=C(CCNC(=O)c1ccc(Br)cc1)NC1(c2ccc(Br)cc2)CC1. The second-order valence-corrected chi connectivity index (χ2v) is 7.98. The fraction of sp³-hybridized carbons (Fsp3) is 0.263. The van der Waals surface area contributed by atoms with E-state index in [1.54, 1.807) is 12.1 Å². The first-order valence-electron chi connectivity index (χ1n) is 8.09. The van der Waals surface area contributed by atoms with Crippen LogP contribution in [0.4, 0.5) is 0 Å². The number of amides is 2. The molecule has 0 spiro atoms. The van der Waals surface area contributed by atoms with Gasteiger partial charge in [-0.2, -0.15) is 0 Å². The van der Waals surface area contributed by atoms with E-state index in [-0.39, 0.29) is 23.8 Å². The van der Waals surface area contributed by atoms with Crippen molar-refractivity contribution in [1.82, 2.24) is 10.6 Å². The Kier molecular flexibility index (Phi) is 5.59. The standard InChI is InChI=1S/C19H18Br2N2O2/c20-15-5-1-13(2-6-15)18(25)22-12-9-17(24)23-19(10-11-19)14-3-7-16(21)8-4-14/h1-8H,9-12H2,(H,22,25)(H,23,24). The van der Waals surface area contributed by atoms with Gasteiger partial charge in [0.2, 0.25) is 5.91 Å². The molecule has 2 amide bonds. The Balaban J connectivity index is 1.47. The maximum atomic E-state index is 12.2. The number of carbonyl (C=O) groups excluding carboxylic acids is 2. The minimum absolute atomic E-state index is 0.0449. The van der Waals surface area contributed by atoms with E-state index in [2.05, 4.69) is 42.5 Å². The Bertz CT molecular complexity index is 769. The molecule has 2 N–H and O–H groups in total.